The fourth-order valence-electron chi connectivity index (χ4n) is 1.59. The first-order chi connectivity index (χ1) is 6.16. The van der Waals surface area contributed by atoms with Gasteiger partial charge < -0.3 is 9.84 Å². The molecule has 1 aliphatic heterocycles. The summed E-state index contributed by atoms with van der Waals surface area (Å²) in [6.45, 7) is 1.95. The highest BCUT2D eigenvalue weighted by atomic mass is 35.5. The zero-order valence-electron chi connectivity index (χ0n) is 7.33. The first-order valence-electron chi connectivity index (χ1n) is 4.31. The van der Waals surface area contributed by atoms with Gasteiger partial charge in [-0.2, -0.15) is 0 Å². The summed E-state index contributed by atoms with van der Waals surface area (Å²) in [6, 6.07) is 5.33. The zero-order chi connectivity index (χ0) is 9.42. The minimum Gasteiger partial charge on any atom is -0.490 e. The number of ether oxygens (including phenoxy) is 1. The molecule has 0 spiro atoms. The van der Waals surface area contributed by atoms with Crippen molar-refractivity contribution in [2.75, 3.05) is 0 Å². The summed E-state index contributed by atoms with van der Waals surface area (Å²) in [7, 11) is 0. The topological polar surface area (TPSA) is 29.5 Å². The van der Waals surface area contributed by atoms with Gasteiger partial charge in [0.25, 0.3) is 0 Å². The van der Waals surface area contributed by atoms with Gasteiger partial charge in [-0.1, -0.05) is 11.6 Å². The molecule has 1 heterocycles. The number of benzene rings is 1. The number of aliphatic hydroxyl groups excluding tert-OH is 1. The van der Waals surface area contributed by atoms with E-state index in [1.165, 1.54) is 0 Å². The van der Waals surface area contributed by atoms with Crippen LogP contribution in [-0.2, 0) is 0 Å². The smallest absolute Gasteiger partial charge is 0.125 e. The first kappa shape index (κ1) is 8.85. The molecule has 0 saturated heterocycles. The van der Waals surface area contributed by atoms with E-state index in [9.17, 15) is 5.11 Å². The Morgan fingerprint density at radius 2 is 2.31 bits per heavy atom. The minimum absolute atomic E-state index is 0.0728. The van der Waals surface area contributed by atoms with E-state index in [1.54, 1.807) is 18.2 Å². The highest BCUT2D eigenvalue weighted by Crippen LogP contribution is 2.35. The van der Waals surface area contributed by atoms with E-state index in [2.05, 4.69) is 0 Å². The Hall–Kier alpha value is -0.730. The van der Waals surface area contributed by atoms with Gasteiger partial charge >= 0.3 is 0 Å². The highest BCUT2D eigenvalue weighted by molar-refractivity contribution is 6.30. The van der Waals surface area contributed by atoms with Gasteiger partial charge in [-0.15, -0.1) is 0 Å². The van der Waals surface area contributed by atoms with Gasteiger partial charge in [0, 0.05) is 17.0 Å². The van der Waals surface area contributed by atoms with Crippen LogP contribution in [0.5, 0.6) is 5.75 Å². The molecule has 2 atom stereocenters. The van der Waals surface area contributed by atoms with E-state index in [0.717, 1.165) is 11.3 Å². The van der Waals surface area contributed by atoms with Crippen LogP contribution in [0.3, 0.4) is 0 Å². The fraction of sp³-hybridized carbons (Fsp3) is 0.400. The van der Waals surface area contributed by atoms with Crippen molar-refractivity contribution in [3.05, 3.63) is 28.8 Å². The predicted octanol–water partition coefficient (Wildman–Crippen LogP) is 2.54. The van der Waals surface area contributed by atoms with E-state index in [-0.39, 0.29) is 6.10 Å². The molecule has 0 saturated carbocycles. The van der Waals surface area contributed by atoms with Gasteiger partial charge in [0.15, 0.2) is 0 Å². The largest absolute Gasteiger partial charge is 0.490 e. The lowest BCUT2D eigenvalue weighted by Crippen LogP contribution is -2.22. The second kappa shape index (κ2) is 3.20. The Bertz CT molecular complexity index is 325. The van der Waals surface area contributed by atoms with Crippen LogP contribution in [-0.4, -0.2) is 11.2 Å². The van der Waals surface area contributed by atoms with Gasteiger partial charge in [-0.05, 0) is 25.1 Å². The summed E-state index contributed by atoms with van der Waals surface area (Å²) in [6.07, 6.45) is 0.258. The molecule has 0 amide bonds. The maximum atomic E-state index is 9.72. The molecule has 0 bridgehead atoms. The molecule has 0 fully saturated rings. The third-order valence-electron chi connectivity index (χ3n) is 2.21. The second-order valence-corrected chi connectivity index (χ2v) is 3.80. The Morgan fingerprint density at radius 3 is 3.08 bits per heavy atom. The zero-order valence-corrected chi connectivity index (χ0v) is 8.08. The molecule has 1 aliphatic rings. The lowest BCUT2D eigenvalue weighted by atomic mass is 10.00. The lowest BCUT2D eigenvalue weighted by Gasteiger charge is -2.27. The molecule has 2 rings (SSSR count). The van der Waals surface area contributed by atoms with Gasteiger partial charge in [-0.25, -0.2) is 0 Å². The van der Waals surface area contributed by atoms with Crippen LogP contribution in [0.4, 0.5) is 0 Å². The SMILES string of the molecule is CC1CC(O)c2cc(Cl)ccc2O1. The van der Waals surface area contributed by atoms with Crippen LogP contribution in [0.15, 0.2) is 18.2 Å². The van der Waals surface area contributed by atoms with Crippen LogP contribution in [0.1, 0.15) is 25.0 Å². The Kier molecular flexibility index (Phi) is 2.18. The predicted molar refractivity (Wildman–Crippen MR) is 51.1 cm³/mol. The molecule has 2 unspecified atom stereocenters. The van der Waals surface area contributed by atoms with Crippen molar-refractivity contribution in [1.82, 2.24) is 0 Å². The number of hydrogen-bond acceptors (Lipinski definition) is 2. The van der Waals surface area contributed by atoms with Crippen LogP contribution in [0.2, 0.25) is 5.02 Å². The molecule has 3 heteroatoms. The van der Waals surface area contributed by atoms with Gasteiger partial charge in [0.1, 0.15) is 5.75 Å². The van der Waals surface area contributed by atoms with Crippen molar-refractivity contribution >= 4 is 11.6 Å². The number of rotatable bonds is 0. The van der Waals surface area contributed by atoms with Crippen molar-refractivity contribution in [2.24, 2.45) is 0 Å². The van der Waals surface area contributed by atoms with Crippen molar-refractivity contribution in [3.8, 4) is 5.75 Å². The fourth-order valence-corrected chi connectivity index (χ4v) is 1.77. The Morgan fingerprint density at radius 1 is 1.54 bits per heavy atom. The van der Waals surface area contributed by atoms with Crippen LogP contribution in [0.25, 0.3) is 0 Å². The maximum absolute atomic E-state index is 9.72. The Labute approximate surface area is 82.1 Å². The number of hydrogen-bond donors (Lipinski definition) is 1. The second-order valence-electron chi connectivity index (χ2n) is 3.36. The van der Waals surface area contributed by atoms with E-state index in [1.807, 2.05) is 6.92 Å². The monoisotopic (exact) mass is 198 g/mol. The van der Waals surface area contributed by atoms with E-state index in [0.29, 0.717) is 11.4 Å². The Balaban J connectivity index is 2.43. The standard InChI is InChI=1S/C10H11ClO2/c1-6-4-9(12)8-5-7(11)2-3-10(8)13-6/h2-3,5-6,9,12H,4H2,1H3. The normalized spacial score (nSPS) is 26.4. The molecule has 13 heavy (non-hydrogen) atoms. The number of aliphatic hydroxyl groups is 1. The molecule has 0 radical (unpaired) electrons. The van der Waals surface area contributed by atoms with Crippen molar-refractivity contribution in [2.45, 2.75) is 25.6 Å². The van der Waals surface area contributed by atoms with E-state index < -0.39 is 6.10 Å². The molecule has 0 aliphatic carbocycles. The molecule has 0 aromatic heterocycles. The number of fused-ring (bicyclic) bond motifs is 1. The summed E-state index contributed by atoms with van der Waals surface area (Å²) in [5, 5.41) is 10.4. The van der Waals surface area contributed by atoms with Crippen molar-refractivity contribution in [3.63, 3.8) is 0 Å². The van der Waals surface area contributed by atoms with Gasteiger partial charge in [0.2, 0.25) is 0 Å². The average molecular weight is 199 g/mol. The van der Waals surface area contributed by atoms with E-state index >= 15 is 0 Å². The molecule has 1 N–H and O–H groups in total. The number of halogens is 1. The third kappa shape index (κ3) is 1.64. The van der Waals surface area contributed by atoms with Gasteiger partial charge in [0.05, 0.1) is 12.2 Å². The quantitative estimate of drug-likeness (QED) is 0.694. The van der Waals surface area contributed by atoms with Gasteiger partial charge in [-0.3, -0.25) is 0 Å². The molecular weight excluding hydrogens is 188 g/mol. The lowest BCUT2D eigenvalue weighted by molar-refractivity contribution is 0.0749. The van der Waals surface area contributed by atoms with Crippen molar-refractivity contribution in [1.29, 1.82) is 0 Å². The van der Waals surface area contributed by atoms with Crippen LogP contribution in [0, 0.1) is 0 Å². The van der Waals surface area contributed by atoms with Crippen LogP contribution >= 0.6 is 11.6 Å². The third-order valence-corrected chi connectivity index (χ3v) is 2.45. The summed E-state index contributed by atoms with van der Waals surface area (Å²) in [5.74, 6) is 0.746. The molecule has 1 aromatic rings. The summed E-state index contributed by atoms with van der Waals surface area (Å²) in [4.78, 5) is 0. The average Bonchev–Trinajstić information content (AvgIpc) is 2.06. The maximum Gasteiger partial charge on any atom is 0.125 e. The van der Waals surface area contributed by atoms with Crippen molar-refractivity contribution < 1.29 is 9.84 Å². The molecule has 70 valence electrons. The molecule has 2 nitrogen and oxygen atoms in total. The molecule has 1 aromatic carbocycles. The minimum atomic E-state index is -0.447. The van der Waals surface area contributed by atoms with Crippen LogP contribution < -0.4 is 4.74 Å². The summed E-state index contributed by atoms with van der Waals surface area (Å²) in [5.41, 5.74) is 0.797. The summed E-state index contributed by atoms with van der Waals surface area (Å²) < 4.78 is 5.54. The van der Waals surface area contributed by atoms with E-state index in [4.69, 9.17) is 16.3 Å². The molecular formula is C10H11ClO2. The highest BCUT2D eigenvalue weighted by Gasteiger charge is 2.23. The first-order valence-corrected chi connectivity index (χ1v) is 4.69. The summed E-state index contributed by atoms with van der Waals surface area (Å²) >= 11 is 5.81.